The molecule has 3 amide bonds. The average Bonchev–Trinajstić information content (AvgIpc) is 2.62. The third-order valence-electron chi connectivity index (χ3n) is 3.54. The van der Waals surface area contributed by atoms with Crippen LogP contribution in [0, 0.1) is 6.92 Å². The lowest BCUT2D eigenvalue weighted by Gasteiger charge is -2.10. The second kappa shape index (κ2) is 10.8. The van der Waals surface area contributed by atoms with Crippen LogP contribution in [-0.4, -0.2) is 38.8 Å². The standard InChI is InChI=1S/C20H25N3O4/c1-15-6-3-9-18(12-15)27-11-5-10-21-20(25)23-17-8-4-7-16(13-17)22-19(24)14-26-2/h3-4,6-9,12-13H,5,10-11,14H2,1-2H3,(H,22,24)(H2,21,23,25). The van der Waals surface area contributed by atoms with Crippen molar-refractivity contribution >= 4 is 23.3 Å². The minimum atomic E-state index is -0.314. The predicted octanol–water partition coefficient (Wildman–Crippen LogP) is 3.17. The van der Waals surface area contributed by atoms with Gasteiger partial charge in [-0.3, -0.25) is 4.79 Å². The normalized spacial score (nSPS) is 10.1. The molecule has 3 N–H and O–H groups in total. The van der Waals surface area contributed by atoms with Crippen LogP contribution in [0.15, 0.2) is 48.5 Å². The molecule has 0 aliphatic rings. The van der Waals surface area contributed by atoms with Crippen molar-refractivity contribution in [1.82, 2.24) is 5.32 Å². The molecule has 2 aromatic carbocycles. The van der Waals surface area contributed by atoms with Gasteiger partial charge in [-0.1, -0.05) is 18.2 Å². The van der Waals surface area contributed by atoms with E-state index in [4.69, 9.17) is 9.47 Å². The first-order valence-electron chi connectivity index (χ1n) is 8.70. The maximum absolute atomic E-state index is 12.0. The Morgan fingerprint density at radius 2 is 1.74 bits per heavy atom. The van der Waals surface area contributed by atoms with E-state index in [9.17, 15) is 9.59 Å². The highest BCUT2D eigenvalue weighted by atomic mass is 16.5. The minimum Gasteiger partial charge on any atom is -0.494 e. The first kappa shape index (κ1) is 20.3. The summed E-state index contributed by atoms with van der Waals surface area (Å²) in [5.41, 5.74) is 2.31. The molecule has 0 atom stereocenters. The van der Waals surface area contributed by atoms with Crippen molar-refractivity contribution in [3.05, 3.63) is 54.1 Å². The highest BCUT2D eigenvalue weighted by Gasteiger charge is 2.05. The molecule has 144 valence electrons. The summed E-state index contributed by atoms with van der Waals surface area (Å²) in [5.74, 6) is 0.569. The Morgan fingerprint density at radius 3 is 2.48 bits per heavy atom. The van der Waals surface area contributed by atoms with Crippen LogP contribution in [0.1, 0.15) is 12.0 Å². The number of methoxy groups -OCH3 is 1. The Hall–Kier alpha value is -3.06. The van der Waals surface area contributed by atoms with Crippen LogP contribution in [0.3, 0.4) is 0 Å². The lowest BCUT2D eigenvalue weighted by atomic mass is 10.2. The molecule has 0 heterocycles. The van der Waals surface area contributed by atoms with Gasteiger partial charge in [0.1, 0.15) is 12.4 Å². The Bertz CT molecular complexity index is 764. The lowest BCUT2D eigenvalue weighted by molar-refractivity contribution is -0.119. The van der Waals surface area contributed by atoms with Crippen LogP contribution in [0.4, 0.5) is 16.2 Å². The summed E-state index contributed by atoms with van der Waals surface area (Å²) in [6.45, 7) is 2.99. The highest BCUT2D eigenvalue weighted by Crippen LogP contribution is 2.15. The number of amides is 3. The number of hydrogen-bond donors (Lipinski definition) is 3. The summed E-state index contributed by atoms with van der Waals surface area (Å²) in [4.78, 5) is 23.5. The van der Waals surface area contributed by atoms with Crippen LogP contribution >= 0.6 is 0 Å². The molecule has 0 unspecified atom stereocenters. The second-order valence-corrected chi connectivity index (χ2v) is 5.96. The molecule has 2 rings (SSSR count). The summed E-state index contributed by atoms with van der Waals surface area (Å²) in [6.07, 6.45) is 0.689. The van der Waals surface area contributed by atoms with Crippen LogP contribution in [0.5, 0.6) is 5.75 Å². The SMILES string of the molecule is COCC(=O)Nc1cccc(NC(=O)NCCCOc2cccc(C)c2)c1. The van der Waals surface area contributed by atoms with Crippen molar-refractivity contribution in [2.24, 2.45) is 0 Å². The zero-order valence-corrected chi connectivity index (χ0v) is 15.6. The number of aryl methyl sites for hydroxylation is 1. The molecular weight excluding hydrogens is 346 g/mol. The molecule has 7 nitrogen and oxygen atoms in total. The van der Waals surface area contributed by atoms with Crippen LogP contribution in [0.25, 0.3) is 0 Å². The average molecular weight is 371 g/mol. The number of carbonyl (C=O) groups excluding carboxylic acids is 2. The fraction of sp³-hybridized carbons (Fsp3) is 0.300. The van der Waals surface area contributed by atoms with Crippen molar-refractivity contribution in [2.75, 3.05) is 37.5 Å². The molecule has 0 aliphatic carbocycles. The van der Waals surface area contributed by atoms with Gasteiger partial charge in [0.25, 0.3) is 0 Å². The van der Waals surface area contributed by atoms with Crippen LogP contribution in [0.2, 0.25) is 0 Å². The number of carbonyl (C=O) groups is 2. The molecule has 0 aromatic heterocycles. The fourth-order valence-corrected chi connectivity index (χ4v) is 2.35. The van der Waals surface area contributed by atoms with Gasteiger partial charge in [-0.25, -0.2) is 4.79 Å². The van der Waals surface area contributed by atoms with Crippen LogP contribution in [-0.2, 0) is 9.53 Å². The molecule has 0 fully saturated rings. The molecule has 0 aliphatic heterocycles. The van der Waals surface area contributed by atoms with E-state index in [1.807, 2.05) is 31.2 Å². The molecule has 7 heteroatoms. The van der Waals surface area contributed by atoms with Crippen LogP contribution < -0.4 is 20.7 Å². The van der Waals surface area contributed by atoms with Crippen molar-refractivity contribution in [3.63, 3.8) is 0 Å². The van der Waals surface area contributed by atoms with E-state index < -0.39 is 0 Å². The second-order valence-electron chi connectivity index (χ2n) is 5.96. The van der Waals surface area contributed by atoms with Gasteiger partial charge in [0.2, 0.25) is 5.91 Å². The molecule has 0 saturated carbocycles. The smallest absolute Gasteiger partial charge is 0.319 e. The van der Waals surface area contributed by atoms with Gasteiger partial charge in [-0.05, 0) is 49.2 Å². The van der Waals surface area contributed by atoms with E-state index in [1.54, 1.807) is 24.3 Å². The molecule has 0 spiro atoms. The van der Waals surface area contributed by atoms with Gasteiger partial charge in [0.05, 0.1) is 6.61 Å². The largest absolute Gasteiger partial charge is 0.494 e. The van der Waals surface area contributed by atoms with Crippen molar-refractivity contribution < 1.29 is 19.1 Å². The predicted molar refractivity (Wildman–Crippen MR) is 105 cm³/mol. The van der Waals surface area contributed by atoms with Gasteiger partial charge in [-0.2, -0.15) is 0 Å². The summed E-state index contributed by atoms with van der Waals surface area (Å²) < 4.78 is 10.4. The Kier molecular flexibility index (Phi) is 8.12. The number of rotatable bonds is 9. The van der Waals surface area contributed by atoms with Crippen molar-refractivity contribution in [2.45, 2.75) is 13.3 Å². The summed E-state index contributed by atoms with van der Waals surface area (Å²) in [5, 5.41) is 8.19. The number of anilines is 2. The third-order valence-corrected chi connectivity index (χ3v) is 3.54. The first-order chi connectivity index (χ1) is 13.1. The molecule has 0 bridgehead atoms. The fourth-order valence-electron chi connectivity index (χ4n) is 2.35. The molecule has 27 heavy (non-hydrogen) atoms. The van der Waals surface area contributed by atoms with E-state index in [1.165, 1.54) is 7.11 Å². The van der Waals surface area contributed by atoms with Gasteiger partial charge in [0, 0.05) is 25.0 Å². The molecule has 0 saturated heterocycles. The Morgan fingerprint density at radius 1 is 1.00 bits per heavy atom. The first-order valence-corrected chi connectivity index (χ1v) is 8.70. The van der Waals surface area contributed by atoms with E-state index in [0.717, 1.165) is 11.3 Å². The monoisotopic (exact) mass is 371 g/mol. The zero-order valence-electron chi connectivity index (χ0n) is 15.6. The Labute approximate surface area is 159 Å². The zero-order chi connectivity index (χ0) is 19.5. The lowest BCUT2D eigenvalue weighted by Crippen LogP contribution is -2.30. The van der Waals surface area contributed by atoms with Gasteiger partial charge >= 0.3 is 6.03 Å². The summed E-state index contributed by atoms with van der Waals surface area (Å²) in [7, 11) is 1.45. The molecule has 0 radical (unpaired) electrons. The molecular formula is C20H25N3O4. The number of ether oxygens (including phenoxy) is 2. The van der Waals surface area contributed by atoms with E-state index >= 15 is 0 Å². The van der Waals surface area contributed by atoms with E-state index in [2.05, 4.69) is 16.0 Å². The summed E-state index contributed by atoms with van der Waals surface area (Å²) in [6, 6.07) is 14.4. The van der Waals surface area contributed by atoms with Crippen molar-refractivity contribution in [3.8, 4) is 5.75 Å². The van der Waals surface area contributed by atoms with E-state index in [0.29, 0.717) is 30.9 Å². The number of urea groups is 1. The number of nitrogens with one attached hydrogen (secondary N) is 3. The highest BCUT2D eigenvalue weighted by molar-refractivity contribution is 5.94. The van der Waals surface area contributed by atoms with Gasteiger partial charge in [0.15, 0.2) is 0 Å². The van der Waals surface area contributed by atoms with Gasteiger partial charge in [-0.15, -0.1) is 0 Å². The number of benzene rings is 2. The minimum absolute atomic E-state index is 0.0250. The van der Waals surface area contributed by atoms with Crippen molar-refractivity contribution in [1.29, 1.82) is 0 Å². The topological polar surface area (TPSA) is 88.7 Å². The van der Waals surface area contributed by atoms with E-state index in [-0.39, 0.29) is 18.5 Å². The number of hydrogen-bond acceptors (Lipinski definition) is 4. The maximum atomic E-state index is 12.0. The Balaban J connectivity index is 1.68. The third kappa shape index (κ3) is 7.79. The van der Waals surface area contributed by atoms with Gasteiger partial charge < -0.3 is 25.4 Å². The molecule has 2 aromatic rings. The summed E-state index contributed by atoms with van der Waals surface area (Å²) >= 11 is 0. The quantitative estimate of drug-likeness (QED) is 0.591. The maximum Gasteiger partial charge on any atom is 0.319 e.